The van der Waals surface area contributed by atoms with Gasteiger partial charge in [0.25, 0.3) is 0 Å². The van der Waals surface area contributed by atoms with E-state index >= 15 is 0 Å². The molecular weight excluding hydrogens is 227 g/mol. The first-order chi connectivity index (χ1) is 8.58. The normalized spacial score (nSPS) is 12.2. The summed E-state index contributed by atoms with van der Waals surface area (Å²) >= 11 is 0. The van der Waals surface area contributed by atoms with E-state index in [1.54, 1.807) is 19.2 Å². The fourth-order valence-corrected chi connectivity index (χ4v) is 1.83. The van der Waals surface area contributed by atoms with E-state index in [0.29, 0.717) is 5.56 Å². The number of hydrogen-bond donors (Lipinski definition) is 1. The first-order valence-corrected chi connectivity index (χ1v) is 6.01. The van der Waals surface area contributed by atoms with E-state index in [2.05, 4.69) is 10.3 Å². The Kier molecular flexibility index (Phi) is 3.60. The van der Waals surface area contributed by atoms with Crippen LogP contribution in [0.5, 0.6) is 0 Å². The second kappa shape index (κ2) is 5.17. The molecule has 1 aromatic carbocycles. The molecule has 0 aliphatic heterocycles. The maximum Gasteiger partial charge on any atom is 0.126 e. The summed E-state index contributed by atoms with van der Waals surface area (Å²) in [7, 11) is 0. The minimum absolute atomic E-state index is 0.0567. The van der Waals surface area contributed by atoms with Crippen molar-refractivity contribution in [3.05, 3.63) is 59.2 Å². The molecule has 0 saturated carbocycles. The highest BCUT2D eigenvalue weighted by atomic mass is 19.1. The third kappa shape index (κ3) is 2.67. The number of nitrogens with zero attached hydrogens (tertiary/aromatic N) is 1. The predicted molar refractivity (Wildman–Crippen MR) is 72.1 cm³/mol. The Bertz CT molecular complexity index is 552. The average molecular weight is 244 g/mol. The zero-order valence-electron chi connectivity index (χ0n) is 10.9. The summed E-state index contributed by atoms with van der Waals surface area (Å²) < 4.78 is 13.5. The maximum atomic E-state index is 13.5. The molecule has 0 aliphatic rings. The van der Waals surface area contributed by atoms with E-state index in [1.807, 2.05) is 38.2 Å². The van der Waals surface area contributed by atoms with Crippen LogP contribution in [0.3, 0.4) is 0 Å². The maximum absolute atomic E-state index is 13.5. The highest BCUT2D eigenvalue weighted by Crippen LogP contribution is 2.22. The average Bonchev–Trinajstić information content (AvgIpc) is 2.35. The molecule has 0 aliphatic carbocycles. The lowest BCUT2D eigenvalue weighted by atomic mass is 10.1. The number of nitrogens with one attached hydrogen (secondary N) is 1. The van der Waals surface area contributed by atoms with Crippen LogP contribution in [-0.2, 0) is 0 Å². The third-order valence-corrected chi connectivity index (χ3v) is 3.09. The van der Waals surface area contributed by atoms with Crippen molar-refractivity contribution >= 4 is 5.69 Å². The molecule has 1 atom stereocenters. The molecule has 0 radical (unpaired) electrons. The Balaban J connectivity index is 2.19. The summed E-state index contributed by atoms with van der Waals surface area (Å²) in [5, 5.41) is 3.37. The highest BCUT2D eigenvalue weighted by molar-refractivity contribution is 5.50. The Hall–Kier alpha value is -1.90. The van der Waals surface area contributed by atoms with Crippen LogP contribution in [0.25, 0.3) is 0 Å². The van der Waals surface area contributed by atoms with Gasteiger partial charge in [0, 0.05) is 24.1 Å². The molecule has 0 saturated heterocycles. The molecule has 0 amide bonds. The van der Waals surface area contributed by atoms with Gasteiger partial charge in [-0.3, -0.25) is 4.98 Å². The molecule has 1 heterocycles. The largest absolute Gasteiger partial charge is 0.378 e. The van der Waals surface area contributed by atoms with E-state index in [4.69, 9.17) is 0 Å². The number of rotatable bonds is 3. The smallest absolute Gasteiger partial charge is 0.126 e. The van der Waals surface area contributed by atoms with Crippen LogP contribution in [0, 0.1) is 19.7 Å². The zero-order valence-corrected chi connectivity index (χ0v) is 10.9. The van der Waals surface area contributed by atoms with E-state index < -0.39 is 0 Å². The minimum Gasteiger partial charge on any atom is -0.378 e. The highest BCUT2D eigenvalue weighted by Gasteiger charge is 2.08. The Morgan fingerprint density at radius 2 is 1.94 bits per heavy atom. The van der Waals surface area contributed by atoms with Gasteiger partial charge in [-0.05, 0) is 49.6 Å². The van der Waals surface area contributed by atoms with E-state index in [-0.39, 0.29) is 11.9 Å². The molecule has 1 unspecified atom stereocenters. The predicted octanol–water partition coefficient (Wildman–Crippen LogP) is 4.01. The molecule has 0 bridgehead atoms. The summed E-state index contributed by atoms with van der Waals surface area (Å²) in [6.45, 7) is 5.78. The second-order valence-corrected chi connectivity index (χ2v) is 4.57. The number of aryl methyl sites for hydroxylation is 2. The van der Waals surface area contributed by atoms with E-state index in [1.165, 1.54) is 0 Å². The zero-order chi connectivity index (χ0) is 13.1. The lowest BCUT2D eigenvalue weighted by Gasteiger charge is -2.17. The molecule has 2 rings (SSSR count). The summed E-state index contributed by atoms with van der Waals surface area (Å²) in [6.07, 6.45) is 3.56. The van der Waals surface area contributed by atoms with E-state index in [9.17, 15) is 4.39 Å². The molecule has 3 heteroatoms. The van der Waals surface area contributed by atoms with Crippen molar-refractivity contribution in [2.45, 2.75) is 26.8 Å². The third-order valence-electron chi connectivity index (χ3n) is 3.09. The second-order valence-electron chi connectivity index (χ2n) is 4.57. The first-order valence-electron chi connectivity index (χ1n) is 6.01. The molecule has 94 valence electrons. The number of aromatic nitrogens is 1. The van der Waals surface area contributed by atoms with E-state index in [0.717, 1.165) is 16.8 Å². The summed E-state index contributed by atoms with van der Waals surface area (Å²) in [5.41, 5.74) is 3.72. The van der Waals surface area contributed by atoms with Crippen molar-refractivity contribution in [3.63, 3.8) is 0 Å². The lowest BCUT2D eigenvalue weighted by molar-refractivity contribution is 0.614. The van der Waals surface area contributed by atoms with Gasteiger partial charge in [-0.25, -0.2) is 4.39 Å². The Morgan fingerprint density at radius 3 is 2.61 bits per heavy atom. The molecule has 2 nitrogen and oxygen atoms in total. The van der Waals surface area contributed by atoms with Crippen LogP contribution in [0.15, 0.2) is 36.7 Å². The number of pyridine rings is 1. The van der Waals surface area contributed by atoms with Crippen molar-refractivity contribution in [1.29, 1.82) is 0 Å². The van der Waals surface area contributed by atoms with Crippen molar-refractivity contribution in [3.8, 4) is 0 Å². The van der Waals surface area contributed by atoms with Gasteiger partial charge in [-0.15, -0.1) is 0 Å². The summed E-state index contributed by atoms with van der Waals surface area (Å²) in [4.78, 5) is 4.05. The fourth-order valence-electron chi connectivity index (χ4n) is 1.83. The quantitative estimate of drug-likeness (QED) is 0.882. The van der Waals surface area contributed by atoms with Gasteiger partial charge in [0.05, 0.1) is 0 Å². The fraction of sp³-hybridized carbons (Fsp3) is 0.267. The van der Waals surface area contributed by atoms with Crippen LogP contribution in [0.4, 0.5) is 10.1 Å². The van der Waals surface area contributed by atoms with Gasteiger partial charge in [-0.1, -0.05) is 12.1 Å². The topological polar surface area (TPSA) is 24.9 Å². The van der Waals surface area contributed by atoms with Crippen molar-refractivity contribution in [2.75, 3.05) is 5.32 Å². The molecular formula is C15H17FN2. The van der Waals surface area contributed by atoms with Gasteiger partial charge in [0.2, 0.25) is 0 Å². The van der Waals surface area contributed by atoms with Crippen LogP contribution in [0.2, 0.25) is 0 Å². The van der Waals surface area contributed by atoms with Gasteiger partial charge in [0.1, 0.15) is 5.82 Å². The van der Waals surface area contributed by atoms with Gasteiger partial charge >= 0.3 is 0 Å². The van der Waals surface area contributed by atoms with Gasteiger partial charge in [0.15, 0.2) is 0 Å². The number of anilines is 1. The van der Waals surface area contributed by atoms with Gasteiger partial charge in [-0.2, -0.15) is 0 Å². The van der Waals surface area contributed by atoms with Crippen molar-refractivity contribution in [2.24, 2.45) is 0 Å². The Labute approximate surface area is 107 Å². The van der Waals surface area contributed by atoms with Gasteiger partial charge < -0.3 is 5.32 Å². The standard InChI is InChI=1S/C15H17FN2/c1-10-4-5-13(8-14(10)16)12(3)18-15-6-7-17-9-11(15)2/h4-9,12H,1-3H3,(H,17,18). The summed E-state index contributed by atoms with van der Waals surface area (Å²) in [6, 6.07) is 7.33. The molecule has 18 heavy (non-hydrogen) atoms. The SMILES string of the molecule is Cc1ccc(C(C)Nc2ccncc2C)cc1F. The first kappa shape index (κ1) is 12.6. The molecule has 1 N–H and O–H groups in total. The van der Waals surface area contributed by atoms with Crippen molar-refractivity contribution in [1.82, 2.24) is 4.98 Å². The summed E-state index contributed by atoms with van der Waals surface area (Å²) in [5.74, 6) is -0.160. The van der Waals surface area contributed by atoms with Crippen molar-refractivity contribution < 1.29 is 4.39 Å². The van der Waals surface area contributed by atoms with Crippen LogP contribution >= 0.6 is 0 Å². The monoisotopic (exact) mass is 244 g/mol. The Morgan fingerprint density at radius 1 is 1.17 bits per heavy atom. The number of hydrogen-bond acceptors (Lipinski definition) is 2. The lowest BCUT2D eigenvalue weighted by Crippen LogP contribution is -2.08. The molecule has 1 aromatic heterocycles. The van der Waals surface area contributed by atoms with Crippen LogP contribution < -0.4 is 5.32 Å². The molecule has 2 aromatic rings. The number of halogens is 1. The molecule has 0 fully saturated rings. The number of benzene rings is 1. The van der Waals surface area contributed by atoms with Crippen LogP contribution in [-0.4, -0.2) is 4.98 Å². The van der Waals surface area contributed by atoms with Crippen LogP contribution in [0.1, 0.15) is 29.7 Å². The minimum atomic E-state index is -0.160. The molecule has 0 spiro atoms.